The van der Waals surface area contributed by atoms with E-state index in [2.05, 4.69) is 17.0 Å². The van der Waals surface area contributed by atoms with Crippen molar-refractivity contribution in [1.29, 1.82) is 0 Å². The molecule has 2 unspecified atom stereocenters. The third kappa shape index (κ3) is 4.44. The summed E-state index contributed by atoms with van der Waals surface area (Å²) in [5, 5.41) is 12.5. The number of hydrogen-bond acceptors (Lipinski definition) is 4. The van der Waals surface area contributed by atoms with E-state index < -0.39 is 6.10 Å². The summed E-state index contributed by atoms with van der Waals surface area (Å²) in [5.74, 6) is 1.42. The van der Waals surface area contributed by atoms with Crippen molar-refractivity contribution >= 4 is 10.8 Å². The van der Waals surface area contributed by atoms with Crippen LogP contribution in [0.25, 0.3) is 10.8 Å². The Kier molecular flexibility index (Phi) is 5.49. The Hall–Kier alpha value is -1.62. The van der Waals surface area contributed by atoms with Crippen LogP contribution in [0.1, 0.15) is 6.42 Å². The Labute approximate surface area is 137 Å². The Morgan fingerprint density at radius 2 is 2.09 bits per heavy atom. The predicted octanol–water partition coefficient (Wildman–Crippen LogP) is 2.55. The average Bonchev–Trinajstić information content (AvgIpc) is 3.05. The van der Waals surface area contributed by atoms with Crippen LogP contribution >= 0.6 is 0 Å². The maximum atomic E-state index is 10.2. The van der Waals surface area contributed by atoms with Gasteiger partial charge in [-0.3, -0.25) is 0 Å². The molecule has 4 nitrogen and oxygen atoms in total. The van der Waals surface area contributed by atoms with Crippen molar-refractivity contribution in [3.63, 3.8) is 0 Å². The van der Waals surface area contributed by atoms with Crippen LogP contribution in [0.3, 0.4) is 0 Å². The zero-order valence-electron chi connectivity index (χ0n) is 13.6. The molecule has 2 aromatic carbocycles. The molecular weight excluding hydrogens is 290 g/mol. The van der Waals surface area contributed by atoms with Crippen LogP contribution < -0.4 is 4.74 Å². The third-order valence-electron chi connectivity index (χ3n) is 4.30. The van der Waals surface area contributed by atoms with Crippen LogP contribution in [0.2, 0.25) is 0 Å². The largest absolute Gasteiger partial charge is 0.490 e. The Morgan fingerprint density at radius 1 is 1.26 bits per heavy atom. The molecule has 0 saturated carbocycles. The van der Waals surface area contributed by atoms with Gasteiger partial charge in [-0.2, -0.15) is 0 Å². The van der Waals surface area contributed by atoms with E-state index in [1.807, 2.05) is 37.4 Å². The number of benzene rings is 2. The maximum Gasteiger partial charge on any atom is 0.127 e. The van der Waals surface area contributed by atoms with E-state index in [1.165, 1.54) is 0 Å². The molecule has 1 aliphatic rings. The molecule has 0 amide bonds. The van der Waals surface area contributed by atoms with Gasteiger partial charge in [-0.1, -0.05) is 36.4 Å². The van der Waals surface area contributed by atoms with E-state index >= 15 is 0 Å². The summed E-state index contributed by atoms with van der Waals surface area (Å²) >= 11 is 0. The summed E-state index contributed by atoms with van der Waals surface area (Å²) in [6.07, 6.45) is 0.619. The Bertz CT molecular complexity index is 620. The second-order valence-corrected chi connectivity index (χ2v) is 6.39. The Morgan fingerprint density at radius 3 is 2.91 bits per heavy atom. The number of fused-ring (bicyclic) bond motifs is 1. The summed E-state index contributed by atoms with van der Waals surface area (Å²) < 4.78 is 11.2. The molecule has 124 valence electrons. The highest BCUT2D eigenvalue weighted by atomic mass is 16.5. The number of ether oxygens (including phenoxy) is 2. The van der Waals surface area contributed by atoms with Crippen LogP contribution in [-0.2, 0) is 4.74 Å². The van der Waals surface area contributed by atoms with Gasteiger partial charge in [-0.25, -0.2) is 0 Å². The number of nitrogens with zero attached hydrogens (tertiary/aromatic N) is 1. The van der Waals surface area contributed by atoms with Gasteiger partial charge < -0.3 is 19.5 Å². The van der Waals surface area contributed by atoms with Crippen LogP contribution in [0.15, 0.2) is 42.5 Å². The summed E-state index contributed by atoms with van der Waals surface area (Å²) in [7, 11) is 2.04. The van der Waals surface area contributed by atoms with Crippen molar-refractivity contribution in [2.24, 2.45) is 5.92 Å². The lowest BCUT2D eigenvalue weighted by atomic mass is 10.1. The number of likely N-dealkylation sites (N-methyl/N-ethyl adjacent to an activating group) is 1. The van der Waals surface area contributed by atoms with Gasteiger partial charge in [-0.15, -0.1) is 0 Å². The SMILES string of the molecule is CN(CC(O)COc1cccc2ccccc12)CC1CCOC1. The molecule has 23 heavy (non-hydrogen) atoms. The van der Waals surface area contributed by atoms with Crippen molar-refractivity contribution in [1.82, 2.24) is 4.90 Å². The highest BCUT2D eigenvalue weighted by Crippen LogP contribution is 2.25. The molecule has 0 aromatic heterocycles. The van der Waals surface area contributed by atoms with E-state index in [0.29, 0.717) is 19.1 Å². The normalized spacial score (nSPS) is 19.3. The zero-order chi connectivity index (χ0) is 16.1. The molecule has 4 heteroatoms. The summed E-state index contributed by atoms with van der Waals surface area (Å²) in [4.78, 5) is 2.16. The Balaban J connectivity index is 1.50. The lowest BCUT2D eigenvalue weighted by molar-refractivity contribution is 0.0710. The van der Waals surface area contributed by atoms with Gasteiger partial charge in [0.2, 0.25) is 0 Å². The van der Waals surface area contributed by atoms with Crippen molar-refractivity contribution in [2.75, 3.05) is 40.0 Å². The van der Waals surface area contributed by atoms with Gasteiger partial charge in [0.25, 0.3) is 0 Å². The summed E-state index contributed by atoms with van der Waals surface area (Å²) in [6, 6.07) is 14.1. The van der Waals surface area contributed by atoms with Crippen molar-refractivity contribution < 1.29 is 14.6 Å². The lowest BCUT2D eigenvalue weighted by Crippen LogP contribution is -2.36. The standard InChI is InChI=1S/C19H25NO3/c1-20(11-15-9-10-22-13-15)12-17(21)14-23-19-8-4-6-16-5-2-3-7-18(16)19/h2-8,15,17,21H,9-14H2,1H3. The molecule has 1 saturated heterocycles. The van der Waals surface area contributed by atoms with E-state index in [0.717, 1.165) is 42.7 Å². The number of aliphatic hydroxyl groups is 1. The quantitative estimate of drug-likeness (QED) is 0.852. The average molecular weight is 315 g/mol. The lowest BCUT2D eigenvalue weighted by Gasteiger charge is -2.23. The second-order valence-electron chi connectivity index (χ2n) is 6.39. The molecular formula is C19H25NO3. The summed E-state index contributed by atoms with van der Waals surface area (Å²) in [6.45, 7) is 3.59. The number of rotatable bonds is 7. The first kappa shape index (κ1) is 16.2. The monoisotopic (exact) mass is 315 g/mol. The maximum absolute atomic E-state index is 10.2. The van der Waals surface area contributed by atoms with Crippen molar-refractivity contribution in [3.05, 3.63) is 42.5 Å². The molecule has 2 aromatic rings. The molecule has 1 aliphatic heterocycles. The smallest absolute Gasteiger partial charge is 0.127 e. The van der Waals surface area contributed by atoms with Gasteiger partial charge in [0.1, 0.15) is 18.5 Å². The molecule has 0 spiro atoms. The zero-order valence-corrected chi connectivity index (χ0v) is 13.6. The predicted molar refractivity (Wildman–Crippen MR) is 91.9 cm³/mol. The van der Waals surface area contributed by atoms with Crippen molar-refractivity contribution in [3.8, 4) is 5.75 Å². The van der Waals surface area contributed by atoms with Gasteiger partial charge in [0.05, 0.1) is 6.61 Å². The first-order valence-corrected chi connectivity index (χ1v) is 8.27. The third-order valence-corrected chi connectivity index (χ3v) is 4.30. The first-order valence-electron chi connectivity index (χ1n) is 8.27. The molecule has 0 radical (unpaired) electrons. The topological polar surface area (TPSA) is 41.9 Å². The van der Waals surface area contributed by atoms with E-state index in [9.17, 15) is 5.11 Å². The highest BCUT2D eigenvalue weighted by molar-refractivity contribution is 5.88. The molecule has 0 bridgehead atoms. The molecule has 0 aliphatic carbocycles. The van der Waals surface area contributed by atoms with Crippen LogP contribution in [0, 0.1) is 5.92 Å². The minimum Gasteiger partial charge on any atom is -0.490 e. The van der Waals surface area contributed by atoms with Gasteiger partial charge >= 0.3 is 0 Å². The van der Waals surface area contributed by atoms with E-state index in [-0.39, 0.29) is 0 Å². The van der Waals surface area contributed by atoms with Gasteiger partial charge in [0.15, 0.2) is 0 Å². The van der Waals surface area contributed by atoms with Crippen LogP contribution in [0.4, 0.5) is 0 Å². The van der Waals surface area contributed by atoms with E-state index in [4.69, 9.17) is 9.47 Å². The minimum atomic E-state index is -0.499. The first-order chi connectivity index (χ1) is 11.2. The van der Waals surface area contributed by atoms with Crippen LogP contribution in [-0.4, -0.2) is 56.1 Å². The number of hydrogen-bond donors (Lipinski definition) is 1. The minimum absolute atomic E-state index is 0.305. The highest BCUT2D eigenvalue weighted by Gasteiger charge is 2.19. The number of aliphatic hydroxyl groups excluding tert-OH is 1. The fraction of sp³-hybridized carbons (Fsp3) is 0.474. The van der Waals surface area contributed by atoms with Gasteiger partial charge in [0, 0.05) is 25.1 Å². The molecule has 1 fully saturated rings. The molecule has 1 N–H and O–H groups in total. The van der Waals surface area contributed by atoms with Crippen molar-refractivity contribution in [2.45, 2.75) is 12.5 Å². The molecule has 2 atom stereocenters. The van der Waals surface area contributed by atoms with Crippen LogP contribution in [0.5, 0.6) is 5.75 Å². The van der Waals surface area contributed by atoms with E-state index in [1.54, 1.807) is 0 Å². The fourth-order valence-corrected chi connectivity index (χ4v) is 3.16. The second kappa shape index (κ2) is 7.77. The molecule has 1 heterocycles. The van der Waals surface area contributed by atoms with Gasteiger partial charge in [-0.05, 0) is 30.8 Å². The molecule has 3 rings (SSSR count). The summed E-state index contributed by atoms with van der Waals surface area (Å²) in [5.41, 5.74) is 0. The fourth-order valence-electron chi connectivity index (χ4n) is 3.16.